The van der Waals surface area contributed by atoms with Crippen LogP contribution in [0.1, 0.15) is 13.3 Å². The van der Waals surface area contributed by atoms with E-state index in [0.29, 0.717) is 28.6 Å². The van der Waals surface area contributed by atoms with Gasteiger partial charge in [-0.3, -0.25) is 4.79 Å². The van der Waals surface area contributed by atoms with Crippen molar-refractivity contribution in [2.75, 3.05) is 5.32 Å². The van der Waals surface area contributed by atoms with E-state index in [0.717, 1.165) is 16.7 Å². The molecule has 0 aliphatic rings. The summed E-state index contributed by atoms with van der Waals surface area (Å²) in [6, 6.07) is 17.2. The molecule has 0 saturated heterocycles. The van der Waals surface area contributed by atoms with Gasteiger partial charge in [-0.15, -0.1) is 10.2 Å². The minimum atomic E-state index is -0.136. The Balaban J connectivity index is 1.95. The van der Waals surface area contributed by atoms with Crippen molar-refractivity contribution in [3.8, 4) is 22.4 Å². The Bertz CT molecular complexity index is 1120. The zero-order chi connectivity index (χ0) is 18.8. The lowest BCUT2D eigenvalue weighted by Gasteiger charge is -2.11. The molecule has 0 unspecified atom stereocenters. The number of fused-ring (bicyclic) bond motifs is 1. The molecule has 2 aromatic carbocycles. The van der Waals surface area contributed by atoms with Crippen LogP contribution in [0.2, 0.25) is 5.02 Å². The molecule has 4 rings (SSSR count). The van der Waals surface area contributed by atoms with Gasteiger partial charge in [-0.2, -0.15) is 5.10 Å². The van der Waals surface area contributed by atoms with Gasteiger partial charge in [0.15, 0.2) is 11.5 Å². The largest absolute Gasteiger partial charge is 0.307 e. The molecule has 1 N–H and O–H groups in total. The van der Waals surface area contributed by atoms with Crippen LogP contribution in [0, 0.1) is 0 Å². The Morgan fingerprint density at radius 1 is 1.07 bits per heavy atom. The van der Waals surface area contributed by atoms with Gasteiger partial charge in [0, 0.05) is 22.6 Å². The van der Waals surface area contributed by atoms with Crippen LogP contribution in [0.15, 0.2) is 60.8 Å². The molecule has 0 atom stereocenters. The second-order valence-corrected chi connectivity index (χ2v) is 6.41. The Morgan fingerprint density at radius 3 is 2.59 bits per heavy atom. The number of carbonyl (C=O) groups is 1. The van der Waals surface area contributed by atoms with Crippen LogP contribution in [0.3, 0.4) is 0 Å². The zero-order valence-electron chi connectivity index (χ0n) is 14.6. The molecule has 6 nitrogen and oxygen atoms in total. The van der Waals surface area contributed by atoms with E-state index in [-0.39, 0.29) is 5.91 Å². The van der Waals surface area contributed by atoms with E-state index < -0.39 is 0 Å². The third-order valence-electron chi connectivity index (χ3n) is 4.19. The van der Waals surface area contributed by atoms with Crippen molar-refractivity contribution in [1.29, 1.82) is 0 Å². The highest BCUT2D eigenvalue weighted by atomic mass is 35.5. The fourth-order valence-electron chi connectivity index (χ4n) is 2.87. The first-order valence-corrected chi connectivity index (χ1v) is 8.91. The number of anilines is 1. The van der Waals surface area contributed by atoms with Gasteiger partial charge < -0.3 is 5.32 Å². The van der Waals surface area contributed by atoms with Crippen LogP contribution in [-0.2, 0) is 4.79 Å². The zero-order valence-corrected chi connectivity index (χ0v) is 15.3. The monoisotopic (exact) mass is 377 g/mol. The van der Waals surface area contributed by atoms with E-state index in [9.17, 15) is 4.79 Å². The van der Waals surface area contributed by atoms with Gasteiger partial charge in [0.1, 0.15) is 5.69 Å². The number of hydrogen-bond acceptors (Lipinski definition) is 4. The van der Waals surface area contributed by atoms with Crippen molar-refractivity contribution in [1.82, 2.24) is 19.8 Å². The summed E-state index contributed by atoms with van der Waals surface area (Å²) >= 11 is 6.13. The fraction of sp³-hybridized carbons (Fsp3) is 0.100. The SMILES string of the molecule is CCC(=O)Nc1nnc2c(-c3cccc(Cl)c3)cnn2c1-c1ccccc1. The van der Waals surface area contributed by atoms with Crippen LogP contribution in [0.25, 0.3) is 28.0 Å². The van der Waals surface area contributed by atoms with Crippen molar-refractivity contribution in [2.24, 2.45) is 0 Å². The summed E-state index contributed by atoms with van der Waals surface area (Å²) in [5.41, 5.74) is 3.86. The van der Waals surface area contributed by atoms with E-state index in [1.165, 1.54) is 0 Å². The lowest BCUT2D eigenvalue weighted by Crippen LogP contribution is -2.14. The molecule has 1 amide bonds. The van der Waals surface area contributed by atoms with E-state index in [2.05, 4.69) is 20.6 Å². The quantitative estimate of drug-likeness (QED) is 0.570. The Labute approximate surface area is 160 Å². The number of rotatable bonds is 4. The maximum atomic E-state index is 11.9. The highest BCUT2D eigenvalue weighted by Gasteiger charge is 2.18. The maximum absolute atomic E-state index is 11.9. The second kappa shape index (κ2) is 7.17. The van der Waals surface area contributed by atoms with Gasteiger partial charge in [0.25, 0.3) is 0 Å². The molecular weight excluding hydrogens is 362 g/mol. The standard InChI is InChI=1S/C20H16ClN5O/c1-2-17(27)23-19-18(13-7-4-3-5-8-13)26-20(25-24-19)16(12-22-26)14-9-6-10-15(21)11-14/h3-12H,2H2,1H3,(H,23,27). The van der Waals surface area contributed by atoms with Gasteiger partial charge >= 0.3 is 0 Å². The highest BCUT2D eigenvalue weighted by molar-refractivity contribution is 6.30. The van der Waals surface area contributed by atoms with Crippen molar-refractivity contribution in [3.63, 3.8) is 0 Å². The molecule has 0 saturated carbocycles. The first-order valence-electron chi connectivity index (χ1n) is 8.53. The second-order valence-electron chi connectivity index (χ2n) is 5.97. The lowest BCUT2D eigenvalue weighted by molar-refractivity contribution is -0.115. The van der Waals surface area contributed by atoms with Crippen LogP contribution in [-0.4, -0.2) is 25.7 Å². The molecule has 27 heavy (non-hydrogen) atoms. The van der Waals surface area contributed by atoms with Crippen LogP contribution >= 0.6 is 11.6 Å². The molecule has 0 fully saturated rings. The van der Waals surface area contributed by atoms with Crippen molar-refractivity contribution in [2.45, 2.75) is 13.3 Å². The normalized spacial score (nSPS) is 10.9. The Kier molecular flexibility index (Phi) is 4.56. The van der Waals surface area contributed by atoms with Gasteiger partial charge in [-0.05, 0) is 17.7 Å². The average Bonchev–Trinajstić information content (AvgIpc) is 3.12. The molecular formula is C20H16ClN5O. The number of nitrogens with one attached hydrogen (secondary N) is 1. The highest BCUT2D eigenvalue weighted by Crippen LogP contribution is 2.31. The summed E-state index contributed by atoms with van der Waals surface area (Å²) in [7, 11) is 0. The van der Waals surface area contributed by atoms with Crippen molar-refractivity contribution >= 4 is 29.0 Å². The summed E-state index contributed by atoms with van der Waals surface area (Å²) in [6.07, 6.45) is 2.08. The minimum absolute atomic E-state index is 0.136. The molecule has 2 heterocycles. The van der Waals surface area contributed by atoms with Crippen LogP contribution in [0.5, 0.6) is 0 Å². The first-order chi connectivity index (χ1) is 13.2. The van der Waals surface area contributed by atoms with Gasteiger partial charge in [0.2, 0.25) is 5.91 Å². The first kappa shape index (κ1) is 17.2. The third kappa shape index (κ3) is 3.27. The molecule has 2 aromatic heterocycles. The predicted octanol–water partition coefficient (Wildman–Crippen LogP) is 4.46. The predicted molar refractivity (Wildman–Crippen MR) is 106 cm³/mol. The smallest absolute Gasteiger partial charge is 0.225 e. The van der Waals surface area contributed by atoms with E-state index >= 15 is 0 Å². The Morgan fingerprint density at radius 2 is 1.85 bits per heavy atom. The summed E-state index contributed by atoms with van der Waals surface area (Å²) in [5, 5.41) is 16.6. The number of amides is 1. The number of halogens is 1. The van der Waals surface area contributed by atoms with E-state index in [1.54, 1.807) is 17.6 Å². The molecule has 0 radical (unpaired) electrons. The number of nitrogens with zero attached hydrogens (tertiary/aromatic N) is 4. The topological polar surface area (TPSA) is 72.2 Å². The molecule has 7 heteroatoms. The lowest BCUT2D eigenvalue weighted by atomic mass is 10.1. The number of aromatic nitrogens is 4. The molecule has 4 aromatic rings. The van der Waals surface area contributed by atoms with Crippen LogP contribution in [0.4, 0.5) is 5.82 Å². The number of hydrogen-bond donors (Lipinski definition) is 1. The average molecular weight is 378 g/mol. The molecule has 0 aliphatic carbocycles. The third-order valence-corrected chi connectivity index (χ3v) is 4.42. The maximum Gasteiger partial charge on any atom is 0.225 e. The Hall–Kier alpha value is -3.25. The van der Waals surface area contributed by atoms with Crippen molar-refractivity contribution < 1.29 is 4.79 Å². The summed E-state index contributed by atoms with van der Waals surface area (Å²) in [5.74, 6) is 0.240. The summed E-state index contributed by atoms with van der Waals surface area (Å²) in [6.45, 7) is 1.79. The summed E-state index contributed by atoms with van der Waals surface area (Å²) in [4.78, 5) is 11.9. The van der Waals surface area contributed by atoms with Gasteiger partial charge in [-0.25, -0.2) is 4.52 Å². The summed E-state index contributed by atoms with van der Waals surface area (Å²) < 4.78 is 1.70. The molecule has 0 spiro atoms. The van der Waals surface area contributed by atoms with Gasteiger partial charge in [-0.1, -0.05) is 61.0 Å². The molecule has 134 valence electrons. The van der Waals surface area contributed by atoms with Gasteiger partial charge in [0.05, 0.1) is 6.20 Å². The van der Waals surface area contributed by atoms with Crippen LogP contribution < -0.4 is 5.32 Å². The van der Waals surface area contributed by atoms with E-state index in [4.69, 9.17) is 11.6 Å². The minimum Gasteiger partial charge on any atom is -0.307 e. The fourth-order valence-corrected chi connectivity index (χ4v) is 3.06. The number of carbonyl (C=O) groups excluding carboxylic acids is 1. The molecule has 0 bridgehead atoms. The molecule has 0 aliphatic heterocycles. The van der Waals surface area contributed by atoms with Crippen molar-refractivity contribution in [3.05, 3.63) is 65.8 Å². The number of benzene rings is 2. The van der Waals surface area contributed by atoms with E-state index in [1.807, 2.05) is 54.6 Å².